The van der Waals surface area contributed by atoms with Crippen LogP contribution in [0.5, 0.6) is 0 Å². The van der Waals surface area contributed by atoms with Gasteiger partial charge in [-0.1, -0.05) is 6.92 Å². The van der Waals surface area contributed by atoms with Gasteiger partial charge in [0.05, 0.1) is 10.7 Å². The lowest BCUT2D eigenvalue weighted by atomic mass is 10.3. The highest BCUT2D eigenvalue weighted by atomic mass is 32.1. The molecule has 0 amide bonds. The summed E-state index contributed by atoms with van der Waals surface area (Å²) in [4.78, 5) is 6.86. The van der Waals surface area contributed by atoms with Crippen LogP contribution in [-0.2, 0) is 13.0 Å². The molecule has 0 aliphatic heterocycles. The molecule has 0 spiro atoms. The van der Waals surface area contributed by atoms with Gasteiger partial charge >= 0.3 is 0 Å². The summed E-state index contributed by atoms with van der Waals surface area (Å²) in [5, 5.41) is 6.81. The van der Waals surface area contributed by atoms with Gasteiger partial charge in [-0.2, -0.15) is 0 Å². The average Bonchev–Trinajstić information content (AvgIpc) is 2.71. The molecule has 0 fully saturated rings. The van der Waals surface area contributed by atoms with Crippen LogP contribution < -0.4 is 5.32 Å². The number of thiazole rings is 1. The quantitative estimate of drug-likeness (QED) is 0.741. The summed E-state index contributed by atoms with van der Waals surface area (Å²) in [5.41, 5.74) is 1.18. The third kappa shape index (κ3) is 4.60. The summed E-state index contributed by atoms with van der Waals surface area (Å²) in [6.45, 7) is 9.58. The zero-order valence-corrected chi connectivity index (χ0v) is 11.6. The Labute approximate surface area is 103 Å². The topological polar surface area (TPSA) is 28.2 Å². The molecule has 0 unspecified atom stereocenters. The molecule has 0 aliphatic rings. The molecular formula is C12H23N3S. The zero-order valence-electron chi connectivity index (χ0n) is 10.8. The van der Waals surface area contributed by atoms with Gasteiger partial charge in [0.1, 0.15) is 0 Å². The Hall–Kier alpha value is -0.450. The van der Waals surface area contributed by atoms with E-state index in [1.165, 1.54) is 10.7 Å². The second-order valence-electron chi connectivity index (χ2n) is 4.34. The first-order chi connectivity index (χ1) is 7.63. The van der Waals surface area contributed by atoms with Crippen LogP contribution in [0.15, 0.2) is 5.38 Å². The van der Waals surface area contributed by atoms with Gasteiger partial charge in [0.25, 0.3) is 0 Å². The van der Waals surface area contributed by atoms with Crippen molar-refractivity contribution in [1.29, 1.82) is 0 Å². The molecule has 0 atom stereocenters. The molecule has 4 heteroatoms. The van der Waals surface area contributed by atoms with Crippen molar-refractivity contribution in [2.45, 2.75) is 39.8 Å². The molecule has 1 rings (SSSR count). The molecule has 1 aromatic heterocycles. The maximum atomic E-state index is 4.52. The van der Waals surface area contributed by atoms with Crippen molar-refractivity contribution in [3.8, 4) is 0 Å². The smallest absolute Gasteiger partial charge is 0.0926 e. The minimum absolute atomic E-state index is 0.618. The third-order valence-electron chi connectivity index (χ3n) is 2.73. The SMILES string of the molecule is CCc1nc(CNCCN(C)C(C)C)cs1. The third-order valence-corrected chi connectivity index (χ3v) is 3.77. The molecule has 0 radical (unpaired) electrons. The lowest BCUT2D eigenvalue weighted by Gasteiger charge is -2.20. The van der Waals surface area contributed by atoms with Crippen LogP contribution in [0.1, 0.15) is 31.5 Å². The van der Waals surface area contributed by atoms with Gasteiger partial charge in [0.15, 0.2) is 0 Å². The predicted molar refractivity (Wildman–Crippen MR) is 71.0 cm³/mol. The molecule has 0 aromatic carbocycles. The van der Waals surface area contributed by atoms with Gasteiger partial charge < -0.3 is 10.2 Å². The molecule has 0 bridgehead atoms. The van der Waals surface area contributed by atoms with E-state index in [0.717, 1.165) is 26.1 Å². The van der Waals surface area contributed by atoms with Crippen LogP contribution in [0.25, 0.3) is 0 Å². The normalized spacial score (nSPS) is 11.6. The molecule has 3 nitrogen and oxygen atoms in total. The summed E-state index contributed by atoms with van der Waals surface area (Å²) < 4.78 is 0. The van der Waals surface area contributed by atoms with Crippen molar-refractivity contribution in [2.24, 2.45) is 0 Å². The second-order valence-corrected chi connectivity index (χ2v) is 5.28. The fourth-order valence-electron chi connectivity index (χ4n) is 1.32. The number of nitrogens with zero attached hydrogens (tertiary/aromatic N) is 2. The average molecular weight is 241 g/mol. The Morgan fingerprint density at radius 2 is 2.25 bits per heavy atom. The van der Waals surface area contributed by atoms with Crippen LogP contribution >= 0.6 is 11.3 Å². The van der Waals surface area contributed by atoms with Crippen molar-refractivity contribution in [3.63, 3.8) is 0 Å². The summed E-state index contributed by atoms with van der Waals surface area (Å²) in [6, 6.07) is 0.618. The minimum atomic E-state index is 0.618. The highest BCUT2D eigenvalue weighted by Crippen LogP contribution is 2.09. The van der Waals surface area contributed by atoms with Gasteiger partial charge in [-0.25, -0.2) is 4.98 Å². The number of aromatic nitrogens is 1. The molecule has 16 heavy (non-hydrogen) atoms. The molecule has 0 saturated carbocycles. The van der Waals surface area contributed by atoms with Crippen molar-refractivity contribution in [2.75, 3.05) is 20.1 Å². The Morgan fingerprint density at radius 1 is 1.50 bits per heavy atom. The van der Waals surface area contributed by atoms with Crippen molar-refractivity contribution in [1.82, 2.24) is 15.2 Å². The maximum Gasteiger partial charge on any atom is 0.0926 e. The van der Waals surface area contributed by atoms with E-state index in [-0.39, 0.29) is 0 Å². The Morgan fingerprint density at radius 3 is 2.81 bits per heavy atom. The van der Waals surface area contributed by atoms with Gasteiger partial charge in [0, 0.05) is 31.1 Å². The Bertz CT molecular complexity index is 296. The number of hydrogen-bond acceptors (Lipinski definition) is 4. The fourth-order valence-corrected chi connectivity index (χ4v) is 2.07. The van der Waals surface area contributed by atoms with E-state index >= 15 is 0 Å². The van der Waals surface area contributed by atoms with Crippen LogP contribution in [-0.4, -0.2) is 36.1 Å². The zero-order chi connectivity index (χ0) is 12.0. The van der Waals surface area contributed by atoms with Gasteiger partial charge in [0.2, 0.25) is 0 Å². The van der Waals surface area contributed by atoms with E-state index in [0.29, 0.717) is 6.04 Å². The number of hydrogen-bond donors (Lipinski definition) is 1. The Balaban J connectivity index is 2.16. The summed E-state index contributed by atoms with van der Waals surface area (Å²) in [6.07, 6.45) is 1.04. The molecule has 0 aliphatic carbocycles. The highest BCUT2D eigenvalue weighted by Gasteiger charge is 2.03. The molecule has 1 heterocycles. The first-order valence-corrected chi connectivity index (χ1v) is 6.85. The monoisotopic (exact) mass is 241 g/mol. The van der Waals surface area contributed by atoms with Crippen molar-refractivity contribution >= 4 is 11.3 Å². The lowest BCUT2D eigenvalue weighted by molar-refractivity contribution is 0.273. The van der Waals surface area contributed by atoms with E-state index < -0.39 is 0 Å². The summed E-state index contributed by atoms with van der Waals surface area (Å²) in [7, 11) is 2.16. The molecule has 1 aromatic rings. The summed E-state index contributed by atoms with van der Waals surface area (Å²) >= 11 is 1.76. The standard InChI is InChI=1S/C12H23N3S/c1-5-12-14-11(9-16-12)8-13-6-7-15(4)10(2)3/h9-10,13H,5-8H2,1-4H3. The first-order valence-electron chi connectivity index (χ1n) is 5.97. The van der Waals surface area contributed by atoms with Gasteiger partial charge in [-0.05, 0) is 27.3 Å². The largest absolute Gasteiger partial charge is 0.310 e. The van der Waals surface area contributed by atoms with E-state index in [1.54, 1.807) is 11.3 Å². The van der Waals surface area contributed by atoms with Crippen LogP contribution in [0.4, 0.5) is 0 Å². The van der Waals surface area contributed by atoms with Crippen LogP contribution in [0, 0.1) is 0 Å². The van der Waals surface area contributed by atoms with Crippen LogP contribution in [0.3, 0.4) is 0 Å². The Kier molecular flexibility index (Phi) is 5.95. The number of aryl methyl sites for hydroxylation is 1. The fraction of sp³-hybridized carbons (Fsp3) is 0.750. The molecule has 0 saturated heterocycles. The van der Waals surface area contributed by atoms with Crippen molar-refractivity contribution in [3.05, 3.63) is 16.1 Å². The minimum Gasteiger partial charge on any atom is -0.310 e. The summed E-state index contributed by atoms with van der Waals surface area (Å²) in [5.74, 6) is 0. The molecule has 92 valence electrons. The number of likely N-dealkylation sites (N-methyl/N-ethyl adjacent to an activating group) is 1. The maximum absolute atomic E-state index is 4.52. The van der Waals surface area contributed by atoms with Crippen LogP contribution in [0.2, 0.25) is 0 Å². The van der Waals surface area contributed by atoms with Crippen molar-refractivity contribution < 1.29 is 0 Å². The lowest BCUT2D eigenvalue weighted by Crippen LogP contribution is -2.33. The number of rotatable bonds is 7. The van der Waals surface area contributed by atoms with E-state index in [4.69, 9.17) is 0 Å². The molecular weight excluding hydrogens is 218 g/mol. The van der Waals surface area contributed by atoms with Gasteiger partial charge in [-0.3, -0.25) is 0 Å². The van der Waals surface area contributed by atoms with E-state index in [1.807, 2.05) is 0 Å². The second kappa shape index (κ2) is 6.99. The highest BCUT2D eigenvalue weighted by molar-refractivity contribution is 7.09. The van der Waals surface area contributed by atoms with E-state index in [9.17, 15) is 0 Å². The predicted octanol–water partition coefficient (Wildman–Crippen LogP) is 2.14. The number of nitrogens with one attached hydrogen (secondary N) is 1. The first kappa shape index (κ1) is 13.6. The van der Waals surface area contributed by atoms with E-state index in [2.05, 4.69) is 48.4 Å². The van der Waals surface area contributed by atoms with Gasteiger partial charge in [-0.15, -0.1) is 11.3 Å². The molecule has 1 N–H and O–H groups in total.